The maximum absolute atomic E-state index is 13.8. The maximum atomic E-state index is 13.8. The zero-order valence-electron chi connectivity index (χ0n) is 14.3. The summed E-state index contributed by atoms with van der Waals surface area (Å²) >= 11 is 1.20. The zero-order valence-corrected chi connectivity index (χ0v) is 15.1. The first-order chi connectivity index (χ1) is 13.0. The van der Waals surface area contributed by atoms with Gasteiger partial charge >= 0.3 is 0 Å². The number of aliphatic hydroxyl groups is 2. The third kappa shape index (κ3) is 3.92. The number of amides is 1. The average Bonchev–Trinajstić information content (AvgIpc) is 3.27. The van der Waals surface area contributed by atoms with Crippen LogP contribution < -0.4 is 0 Å². The van der Waals surface area contributed by atoms with Crippen molar-refractivity contribution in [3.63, 3.8) is 0 Å². The normalized spacial score (nSPS) is 17.0. The molecular weight excluding hydrogens is 373 g/mol. The van der Waals surface area contributed by atoms with Crippen molar-refractivity contribution in [2.24, 2.45) is 0 Å². The number of ether oxygens (including phenoxy) is 1. The fourth-order valence-corrected chi connectivity index (χ4v) is 3.69. The minimum absolute atomic E-state index is 0.0739. The van der Waals surface area contributed by atoms with Gasteiger partial charge in [-0.25, -0.2) is 4.39 Å². The SMILES string of the molecule is O=C(C1=C(O)C(=O)N(CCOCCO)[C@@H]1c1cccc(F)c1)c1cccs1. The van der Waals surface area contributed by atoms with E-state index >= 15 is 0 Å². The fraction of sp³-hybridized carbons (Fsp3) is 0.263. The van der Waals surface area contributed by atoms with Gasteiger partial charge in [0, 0.05) is 6.54 Å². The molecule has 1 aromatic carbocycles. The van der Waals surface area contributed by atoms with Crippen LogP contribution in [0.25, 0.3) is 0 Å². The van der Waals surface area contributed by atoms with Gasteiger partial charge in [0.05, 0.1) is 36.3 Å². The molecule has 1 aliphatic rings. The summed E-state index contributed by atoms with van der Waals surface area (Å²) in [4.78, 5) is 27.2. The molecule has 0 spiro atoms. The molecule has 0 aliphatic carbocycles. The van der Waals surface area contributed by atoms with Crippen molar-refractivity contribution in [2.45, 2.75) is 6.04 Å². The Labute approximate surface area is 159 Å². The molecule has 1 aromatic heterocycles. The highest BCUT2D eigenvalue weighted by atomic mass is 32.1. The van der Waals surface area contributed by atoms with E-state index in [1.807, 2.05) is 0 Å². The van der Waals surface area contributed by atoms with Crippen LogP contribution in [0, 0.1) is 5.82 Å². The lowest BCUT2D eigenvalue weighted by molar-refractivity contribution is -0.130. The van der Waals surface area contributed by atoms with Crippen LogP contribution in [-0.2, 0) is 9.53 Å². The second-order valence-corrected chi connectivity index (χ2v) is 6.81. The van der Waals surface area contributed by atoms with Crippen molar-refractivity contribution in [3.05, 3.63) is 69.4 Å². The van der Waals surface area contributed by atoms with Crippen molar-refractivity contribution in [3.8, 4) is 0 Å². The standard InChI is InChI=1S/C19H18FNO5S/c20-13-4-1-3-12(11-13)16-15(17(23)14-5-2-10-27-14)18(24)19(25)21(16)6-8-26-9-7-22/h1-5,10-11,16,22,24H,6-9H2/t16-/m1/s1. The van der Waals surface area contributed by atoms with Gasteiger partial charge in [0.2, 0.25) is 5.78 Å². The summed E-state index contributed by atoms with van der Waals surface area (Å²) in [5.41, 5.74) is 0.310. The van der Waals surface area contributed by atoms with Crippen molar-refractivity contribution in [1.82, 2.24) is 4.90 Å². The Kier molecular flexibility index (Phi) is 6.00. The molecule has 1 atom stereocenters. The number of thiophene rings is 1. The van der Waals surface area contributed by atoms with Crippen LogP contribution in [0.4, 0.5) is 4.39 Å². The van der Waals surface area contributed by atoms with Gasteiger partial charge in [-0.2, -0.15) is 0 Å². The summed E-state index contributed by atoms with van der Waals surface area (Å²) in [6, 6.07) is 7.97. The summed E-state index contributed by atoms with van der Waals surface area (Å²) in [7, 11) is 0. The van der Waals surface area contributed by atoms with Gasteiger partial charge in [-0.05, 0) is 29.1 Å². The summed E-state index contributed by atoms with van der Waals surface area (Å²) in [6.07, 6.45) is 0. The second kappa shape index (κ2) is 8.43. The fourth-order valence-electron chi connectivity index (χ4n) is 3.01. The molecule has 27 heavy (non-hydrogen) atoms. The second-order valence-electron chi connectivity index (χ2n) is 5.86. The minimum atomic E-state index is -0.916. The Hall–Kier alpha value is -2.55. The van der Waals surface area contributed by atoms with Gasteiger partial charge in [0.1, 0.15) is 5.82 Å². The van der Waals surface area contributed by atoms with Crippen LogP contribution in [0.2, 0.25) is 0 Å². The molecule has 6 nitrogen and oxygen atoms in total. The number of aliphatic hydroxyl groups excluding tert-OH is 2. The van der Waals surface area contributed by atoms with Gasteiger partial charge in [0.15, 0.2) is 5.76 Å². The predicted octanol–water partition coefficient (Wildman–Crippen LogP) is 2.47. The van der Waals surface area contributed by atoms with Gasteiger partial charge in [-0.15, -0.1) is 11.3 Å². The van der Waals surface area contributed by atoms with E-state index in [1.54, 1.807) is 23.6 Å². The van der Waals surface area contributed by atoms with Gasteiger partial charge < -0.3 is 19.8 Å². The van der Waals surface area contributed by atoms with Crippen LogP contribution in [-0.4, -0.2) is 53.2 Å². The largest absolute Gasteiger partial charge is 0.503 e. The molecule has 0 unspecified atom stereocenters. The number of benzene rings is 1. The van der Waals surface area contributed by atoms with E-state index in [0.717, 1.165) is 0 Å². The molecule has 8 heteroatoms. The molecule has 2 N–H and O–H groups in total. The lowest BCUT2D eigenvalue weighted by Crippen LogP contribution is -2.34. The molecule has 3 rings (SSSR count). The molecule has 2 aromatic rings. The molecule has 142 valence electrons. The van der Waals surface area contributed by atoms with Crippen molar-refractivity contribution < 1.29 is 28.9 Å². The lowest BCUT2D eigenvalue weighted by atomic mass is 9.95. The Morgan fingerprint density at radius 1 is 1.26 bits per heavy atom. The van der Waals surface area contributed by atoms with Crippen LogP contribution in [0.1, 0.15) is 21.3 Å². The van der Waals surface area contributed by atoms with E-state index in [2.05, 4.69) is 0 Å². The van der Waals surface area contributed by atoms with Crippen LogP contribution in [0.15, 0.2) is 53.1 Å². The van der Waals surface area contributed by atoms with Crippen molar-refractivity contribution in [1.29, 1.82) is 0 Å². The minimum Gasteiger partial charge on any atom is -0.503 e. The zero-order chi connectivity index (χ0) is 19.4. The molecule has 1 aliphatic heterocycles. The first-order valence-corrected chi connectivity index (χ1v) is 9.19. The lowest BCUT2D eigenvalue weighted by Gasteiger charge is -2.26. The maximum Gasteiger partial charge on any atom is 0.290 e. The van der Waals surface area contributed by atoms with E-state index in [9.17, 15) is 19.1 Å². The van der Waals surface area contributed by atoms with Gasteiger partial charge in [-0.3, -0.25) is 9.59 Å². The number of carbonyl (C=O) groups is 2. The van der Waals surface area contributed by atoms with Gasteiger partial charge in [0.25, 0.3) is 5.91 Å². The van der Waals surface area contributed by atoms with Gasteiger partial charge in [-0.1, -0.05) is 18.2 Å². The Morgan fingerprint density at radius 2 is 2.07 bits per heavy atom. The molecule has 0 radical (unpaired) electrons. The Bertz CT molecular complexity index is 865. The first kappa shape index (κ1) is 19.2. The summed E-state index contributed by atoms with van der Waals surface area (Å²) < 4.78 is 19.0. The molecule has 1 amide bonds. The predicted molar refractivity (Wildman–Crippen MR) is 97.1 cm³/mol. The number of hydrogen-bond acceptors (Lipinski definition) is 6. The molecule has 0 bridgehead atoms. The summed E-state index contributed by atoms with van der Waals surface area (Å²) in [5, 5.41) is 20.9. The van der Waals surface area contributed by atoms with Crippen molar-refractivity contribution in [2.75, 3.05) is 26.4 Å². The van der Waals surface area contributed by atoms with E-state index in [4.69, 9.17) is 9.84 Å². The van der Waals surface area contributed by atoms with E-state index in [1.165, 1.54) is 34.4 Å². The number of ketones is 1. The third-order valence-electron chi connectivity index (χ3n) is 4.17. The highest BCUT2D eigenvalue weighted by molar-refractivity contribution is 7.12. The molecule has 2 heterocycles. The van der Waals surface area contributed by atoms with Crippen molar-refractivity contribution >= 4 is 23.0 Å². The molecule has 0 fully saturated rings. The Morgan fingerprint density at radius 3 is 2.74 bits per heavy atom. The number of nitrogens with zero attached hydrogens (tertiary/aromatic N) is 1. The summed E-state index contributed by atoms with van der Waals surface area (Å²) in [6.45, 7) is 0.122. The third-order valence-corrected chi connectivity index (χ3v) is 5.04. The van der Waals surface area contributed by atoms with Crippen LogP contribution in [0.5, 0.6) is 0 Å². The highest BCUT2D eigenvalue weighted by Gasteiger charge is 2.43. The Balaban J connectivity index is 1.98. The smallest absolute Gasteiger partial charge is 0.290 e. The first-order valence-electron chi connectivity index (χ1n) is 8.31. The van der Waals surface area contributed by atoms with E-state index in [0.29, 0.717) is 10.4 Å². The number of Topliss-reactive ketones (excluding diaryl/α,β-unsaturated/α-hetero) is 1. The quantitative estimate of drug-likeness (QED) is 0.533. The number of carbonyl (C=O) groups excluding carboxylic acids is 2. The topological polar surface area (TPSA) is 87.1 Å². The van der Waals surface area contributed by atoms with Crippen LogP contribution >= 0.6 is 11.3 Å². The van der Waals surface area contributed by atoms with E-state index < -0.39 is 29.3 Å². The number of halogens is 1. The molecular formula is C19H18FNO5S. The molecule has 0 saturated carbocycles. The van der Waals surface area contributed by atoms with E-state index in [-0.39, 0.29) is 31.9 Å². The number of hydrogen-bond donors (Lipinski definition) is 2. The average molecular weight is 391 g/mol. The monoisotopic (exact) mass is 391 g/mol. The number of rotatable bonds is 8. The highest BCUT2D eigenvalue weighted by Crippen LogP contribution is 2.39. The summed E-state index contributed by atoms with van der Waals surface area (Å²) in [5.74, 6) is -2.32. The van der Waals surface area contributed by atoms with Crippen LogP contribution in [0.3, 0.4) is 0 Å². The molecule has 0 saturated heterocycles.